The summed E-state index contributed by atoms with van der Waals surface area (Å²) in [6.07, 6.45) is 0.467. The Labute approximate surface area is 199 Å². The number of carbonyl (C=O) groups excluding carboxylic acids is 3. The summed E-state index contributed by atoms with van der Waals surface area (Å²) >= 11 is 0. The van der Waals surface area contributed by atoms with E-state index in [1.165, 1.54) is 9.80 Å². The molecule has 3 aliphatic heterocycles. The Morgan fingerprint density at radius 1 is 1.12 bits per heavy atom. The van der Waals surface area contributed by atoms with Gasteiger partial charge in [0.15, 0.2) is 0 Å². The lowest BCUT2D eigenvalue weighted by atomic mass is 10.0. The number of amides is 3. The zero-order valence-corrected chi connectivity index (χ0v) is 17.9. The van der Waals surface area contributed by atoms with Crippen LogP contribution in [0, 0.1) is 0 Å². The molecule has 0 aromatic heterocycles. The third-order valence-electron chi connectivity index (χ3n) is 5.97. The highest BCUT2D eigenvalue weighted by Crippen LogP contribution is 2.34. The van der Waals surface area contributed by atoms with E-state index in [4.69, 9.17) is 16.3 Å². The van der Waals surface area contributed by atoms with Crippen molar-refractivity contribution >= 4 is 17.7 Å². The zero-order valence-electron chi connectivity index (χ0n) is 22.9. The quantitative estimate of drug-likeness (QED) is 0.671. The van der Waals surface area contributed by atoms with Crippen molar-refractivity contribution in [2.24, 2.45) is 0 Å². The summed E-state index contributed by atoms with van der Waals surface area (Å²) in [6, 6.07) is 11.7. The largest absolute Gasteiger partial charge is 0.489 e. The maximum absolute atomic E-state index is 13.0. The van der Waals surface area contributed by atoms with Crippen LogP contribution in [-0.2, 0) is 34.0 Å². The predicted octanol–water partition coefficient (Wildman–Crippen LogP) is 1.86. The SMILES string of the molecule is [2H]C1CN(Cc2ccc(COc3cccc4c3CN(C3CCC(=O)NC3=O)C4=O)cc2)C([2H])([2H])C([2H])([2H])O1. The summed E-state index contributed by atoms with van der Waals surface area (Å²) in [5, 5.41) is 2.29. The van der Waals surface area contributed by atoms with Crippen LogP contribution in [0.5, 0.6) is 5.75 Å². The highest BCUT2D eigenvalue weighted by atomic mass is 16.5. The lowest BCUT2D eigenvalue weighted by Crippen LogP contribution is -2.52. The van der Waals surface area contributed by atoms with Crippen LogP contribution in [0.3, 0.4) is 0 Å². The maximum atomic E-state index is 13.0. The van der Waals surface area contributed by atoms with E-state index < -0.39 is 31.6 Å². The molecular formula is C25H27N3O5. The molecule has 2 unspecified atom stereocenters. The third kappa shape index (κ3) is 4.62. The number of ether oxygens (including phenoxy) is 2. The van der Waals surface area contributed by atoms with Crippen LogP contribution in [0.1, 0.15) is 46.7 Å². The Morgan fingerprint density at radius 2 is 1.94 bits per heavy atom. The van der Waals surface area contributed by atoms with Crippen LogP contribution in [0.15, 0.2) is 42.5 Å². The van der Waals surface area contributed by atoms with Gasteiger partial charge in [0.05, 0.1) is 23.8 Å². The summed E-state index contributed by atoms with van der Waals surface area (Å²) in [5.74, 6) is -0.549. The number of nitrogens with one attached hydrogen (secondary N) is 1. The molecule has 2 aromatic carbocycles. The number of carbonyl (C=O) groups is 3. The Balaban J connectivity index is 1.24. The van der Waals surface area contributed by atoms with E-state index >= 15 is 0 Å². The average Bonchev–Trinajstić information content (AvgIpc) is 3.18. The van der Waals surface area contributed by atoms with Gasteiger partial charge in [0.1, 0.15) is 18.4 Å². The topological polar surface area (TPSA) is 88.2 Å². The van der Waals surface area contributed by atoms with Gasteiger partial charge in [-0.1, -0.05) is 30.3 Å². The molecule has 2 saturated heterocycles. The minimum Gasteiger partial charge on any atom is -0.489 e. The van der Waals surface area contributed by atoms with Gasteiger partial charge in [-0.25, -0.2) is 0 Å². The fourth-order valence-electron chi connectivity index (χ4n) is 4.22. The highest BCUT2D eigenvalue weighted by Gasteiger charge is 2.40. The van der Waals surface area contributed by atoms with E-state index in [-0.39, 0.29) is 50.9 Å². The van der Waals surface area contributed by atoms with E-state index in [1.807, 2.05) is 12.1 Å². The number of hydrogen-bond donors (Lipinski definition) is 1. The van der Waals surface area contributed by atoms with Crippen molar-refractivity contribution in [2.45, 2.75) is 38.6 Å². The molecule has 0 aliphatic carbocycles. The van der Waals surface area contributed by atoms with Crippen molar-refractivity contribution in [1.29, 1.82) is 0 Å². The zero-order chi connectivity index (χ0) is 27.2. The average molecular weight is 455 g/mol. The first-order valence-electron chi connectivity index (χ1n) is 13.4. The minimum absolute atomic E-state index is 0.0644. The number of morpholine rings is 1. The smallest absolute Gasteiger partial charge is 0.255 e. The second-order valence-corrected chi connectivity index (χ2v) is 8.17. The van der Waals surface area contributed by atoms with Crippen molar-refractivity contribution in [3.8, 4) is 5.75 Å². The van der Waals surface area contributed by atoms with Gasteiger partial charge in [-0.2, -0.15) is 0 Å². The Bertz CT molecular complexity index is 1270. The lowest BCUT2D eigenvalue weighted by molar-refractivity contribution is -0.136. The van der Waals surface area contributed by atoms with Gasteiger partial charge in [0, 0.05) is 39.9 Å². The molecule has 172 valence electrons. The monoisotopic (exact) mass is 454 g/mol. The van der Waals surface area contributed by atoms with Crippen LogP contribution in [0.4, 0.5) is 0 Å². The summed E-state index contributed by atoms with van der Waals surface area (Å²) in [5.41, 5.74) is 2.73. The third-order valence-corrected chi connectivity index (χ3v) is 5.97. The molecule has 5 rings (SSSR count). The van der Waals surface area contributed by atoms with E-state index in [0.29, 0.717) is 16.9 Å². The van der Waals surface area contributed by atoms with Gasteiger partial charge >= 0.3 is 0 Å². The van der Waals surface area contributed by atoms with Gasteiger partial charge in [-0.15, -0.1) is 0 Å². The van der Waals surface area contributed by atoms with E-state index in [2.05, 4.69) is 5.32 Å². The van der Waals surface area contributed by atoms with Gasteiger partial charge < -0.3 is 14.4 Å². The Hall–Kier alpha value is -3.23. The molecule has 0 spiro atoms. The predicted molar refractivity (Wildman–Crippen MR) is 119 cm³/mol. The van der Waals surface area contributed by atoms with Crippen molar-refractivity contribution in [1.82, 2.24) is 15.1 Å². The first kappa shape index (κ1) is 16.4. The molecule has 8 nitrogen and oxygen atoms in total. The molecule has 2 atom stereocenters. The number of benzene rings is 2. The molecule has 3 heterocycles. The molecule has 2 fully saturated rings. The molecule has 33 heavy (non-hydrogen) atoms. The van der Waals surface area contributed by atoms with Crippen molar-refractivity contribution in [3.63, 3.8) is 0 Å². The summed E-state index contributed by atoms with van der Waals surface area (Å²) in [6.45, 7) is -5.72. The van der Waals surface area contributed by atoms with Gasteiger partial charge in [0.2, 0.25) is 11.8 Å². The minimum atomic E-state index is -2.60. The molecule has 8 heteroatoms. The van der Waals surface area contributed by atoms with E-state index in [1.54, 1.807) is 30.3 Å². The molecule has 3 amide bonds. The van der Waals surface area contributed by atoms with Crippen LogP contribution >= 0.6 is 0 Å². The fourth-order valence-corrected chi connectivity index (χ4v) is 4.22. The molecule has 1 N–H and O–H groups in total. The molecule has 3 aliphatic rings. The van der Waals surface area contributed by atoms with Gasteiger partial charge in [0.25, 0.3) is 5.91 Å². The maximum Gasteiger partial charge on any atom is 0.255 e. The normalized spacial score (nSPS) is 28.7. The number of imide groups is 1. The second kappa shape index (κ2) is 9.33. The van der Waals surface area contributed by atoms with E-state index in [9.17, 15) is 14.4 Å². The van der Waals surface area contributed by atoms with Crippen molar-refractivity contribution < 1.29 is 30.7 Å². The Morgan fingerprint density at radius 3 is 2.76 bits per heavy atom. The lowest BCUT2D eigenvalue weighted by Gasteiger charge is -2.29. The van der Waals surface area contributed by atoms with E-state index in [0.717, 1.165) is 11.1 Å². The van der Waals surface area contributed by atoms with Crippen molar-refractivity contribution in [2.75, 3.05) is 26.2 Å². The van der Waals surface area contributed by atoms with Crippen molar-refractivity contribution in [3.05, 3.63) is 64.7 Å². The number of fused-ring (bicyclic) bond motifs is 1. The first-order valence-corrected chi connectivity index (χ1v) is 10.8. The van der Waals surface area contributed by atoms with Crippen LogP contribution < -0.4 is 10.1 Å². The molecule has 2 aromatic rings. The van der Waals surface area contributed by atoms with Crippen LogP contribution in [0.25, 0.3) is 0 Å². The molecule has 0 bridgehead atoms. The summed E-state index contributed by atoms with van der Waals surface area (Å²) < 4.78 is 50.5. The number of hydrogen-bond acceptors (Lipinski definition) is 6. The molecular weight excluding hydrogens is 422 g/mol. The Kier molecular flexibility index (Phi) is 4.63. The fraction of sp³-hybridized carbons (Fsp3) is 0.400. The summed E-state index contributed by atoms with van der Waals surface area (Å²) in [4.78, 5) is 39.5. The number of rotatable bonds is 6. The second-order valence-electron chi connectivity index (χ2n) is 8.17. The number of nitrogens with zero attached hydrogens (tertiary/aromatic N) is 2. The molecule has 0 saturated carbocycles. The first-order chi connectivity index (χ1) is 18.0. The van der Waals surface area contributed by atoms with Crippen LogP contribution in [-0.4, -0.2) is 59.7 Å². The number of piperidine rings is 1. The van der Waals surface area contributed by atoms with Crippen LogP contribution in [0.2, 0.25) is 0 Å². The standard InChI is InChI=1S/C25H27N3O5/c29-23-9-8-21(24(30)26-23)28-15-20-19(25(28)31)2-1-3-22(20)33-16-18-6-4-17(5-7-18)14-27-10-12-32-13-11-27/h1-7,21H,8-16H2,(H,26,29,30)/i10D2,12D2,13D. The summed E-state index contributed by atoms with van der Waals surface area (Å²) in [7, 11) is 0. The highest BCUT2D eigenvalue weighted by molar-refractivity contribution is 6.05. The molecule has 0 radical (unpaired) electrons. The van der Waals surface area contributed by atoms with Gasteiger partial charge in [-0.3, -0.25) is 24.6 Å². The van der Waals surface area contributed by atoms with Gasteiger partial charge in [-0.05, 0) is 29.7 Å².